The fourth-order valence-corrected chi connectivity index (χ4v) is 3.59. The molecule has 1 aliphatic rings. The molecule has 0 heterocycles. The third-order valence-corrected chi connectivity index (χ3v) is 5.27. The van der Waals surface area contributed by atoms with Crippen LogP contribution in [0.15, 0.2) is 0 Å². The lowest BCUT2D eigenvalue weighted by molar-refractivity contribution is -0.121. The Balaban J connectivity index is 2.31. The predicted molar refractivity (Wildman–Crippen MR) is 80.1 cm³/mol. The molecule has 18 heavy (non-hydrogen) atoms. The zero-order chi connectivity index (χ0) is 13.4. The summed E-state index contributed by atoms with van der Waals surface area (Å²) in [6, 6.07) is 0.270. The Morgan fingerprint density at radius 3 is 2.56 bits per heavy atom. The maximum Gasteiger partial charge on any atom is 0.221 e. The van der Waals surface area contributed by atoms with Gasteiger partial charge in [0.25, 0.3) is 0 Å². The van der Waals surface area contributed by atoms with Crippen LogP contribution in [-0.2, 0) is 4.79 Å². The minimum absolute atomic E-state index is 0.183. The van der Waals surface area contributed by atoms with Gasteiger partial charge in [-0.1, -0.05) is 26.2 Å². The van der Waals surface area contributed by atoms with Crippen molar-refractivity contribution >= 4 is 17.7 Å². The van der Waals surface area contributed by atoms with Gasteiger partial charge < -0.3 is 10.6 Å². The molecule has 4 heteroatoms. The summed E-state index contributed by atoms with van der Waals surface area (Å²) in [5.74, 6) is 0.183. The van der Waals surface area contributed by atoms with Crippen LogP contribution in [-0.4, -0.2) is 36.0 Å². The molecule has 0 aromatic rings. The Bertz CT molecular complexity index is 252. The van der Waals surface area contributed by atoms with Crippen LogP contribution in [0.25, 0.3) is 0 Å². The lowest BCUT2D eigenvalue weighted by Crippen LogP contribution is -2.43. The number of hydrogen-bond donors (Lipinski definition) is 2. The summed E-state index contributed by atoms with van der Waals surface area (Å²) in [7, 11) is 0. The van der Waals surface area contributed by atoms with E-state index in [9.17, 15) is 4.79 Å². The van der Waals surface area contributed by atoms with E-state index in [0.717, 1.165) is 13.1 Å². The molecule has 1 amide bonds. The van der Waals surface area contributed by atoms with E-state index in [1.165, 1.54) is 32.1 Å². The van der Waals surface area contributed by atoms with Gasteiger partial charge in [-0.05, 0) is 32.6 Å². The van der Waals surface area contributed by atoms with Crippen molar-refractivity contribution in [3.05, 3.63) is 0 Å². The van der Waals surface area contributed by atoms with Crippen molar-refractivity contribution in [3.8, 4) is 0 Å². The number of carbonyl (C=O) groups is 1. The van der Waals surface area contributed by atoms with Gasteiger partial charge >= 0.3 is 0 Å². The number of amides is 1. The van der Waals surface area contributed by atoms with Crippen LogP contribution >= 0.6 is 11.8 Å². The van der Waals surface area contributed by atoms with Crippen molar-refractivity contribution < 1.29 is 4.79 Å². The second-order valence-corrected chi connectivity index (χ2v) is 6.66. The quantitative estimate of drug-likeness (QED) is 0.748. The van der Waals surface area contributed by atoms with Crippen molar-refractivity contribution in [3.63, 3.8) is 0 Å². The first-order chi connectivity index (χ1) is 8.62. The van der Waals surface area contributed by atoms with Crippen LogP contribution in [0.4, 0.5) is 0 Å². The number of carbonyl (C=O) groups excluding carboxylic acids is 1. The standard InChI is InChI=1S/C14H28N2OS/c1-4-15-12(2)10-13(17)16-11-14(18-3)8-6-5-7-9-14/h12,15H,4-11H2,1-3H3,(H,16,17). The molecular weight excluding hydrogens is 244 g/mol. The lowest BCUT2D eigenvalue weighted by atomic mass is 9.88. The normalized spacial score (nSPS) is 20.4. The van der Waals surface area contributed by atoms with Gasteiger partial charge in [-0.3, -0.25) is 4.79 Å². The van der Waals surface area contributed by atoms with E-state index in [1.54, 1.807) is 0 Å². The molecule has 1 unspecified atom stereocenters. The fraction of sp³-hybridized carbons (Fsp3) is 0.929. The number of thioether (sulfide) groups is 1. The second-order valence-electron chi connectivity index (χ2n) is 5.39. The summed E-state index contributed by atoms with van der Waals surface area (Å²) in [6.07, 6.45) is 9.23. The van der Waals surface area contributed by atoms with E-state index in [0.29, 0.717) is 11.2 Å². The average Bonchev–Trinajstić information content (AvgIpc) is 2.38. The van der Waals surface area contributed by atoms with Gasteiger partial charge in [0.15, 0.2) is 0 Å². The van der Waals surface area contributed by atoms with Crippen molar-refractivity contribution in [2.24, 2.45) is 0 Å². The summed E-state index contributed by atoms with van der Waals surface area (Å²) in [5.41, 5.74) is 0. The topological polar surface area (TPSA) is 41.1 Å². The summed E-state index contributed by atoms with van der Waals surface area (Å²) < 4.78 is 0.301. The van der Waals surface area contributed by atoms with Crippen LogP contribution in [0.2, 0.25) is 0 Å². The second kappa shape index (κ2) is 8.05. The van der Waals surface area contributed by atoms with Gasteiger partial charge in [-0.15, -0.1) is 0 Å². The monoisotopic (exact) mass is 272 g/mol. The molecule has 0 bridgehead atoms. The molecule has 0 aliphatic heterocycles. The van der Waals surface area contributed by atoms with Crippen LogP contribution in [0.1, 0.15) is 52.4 Å². The molecule has 1 fully saturated rings. The van der Waals surface area contributed by atoms with Gasteiger partial charge in [0.05, 0.1) is 0 Å². The minimum atomic E-state index is 0.183. The van der Waals surface area contributed by atoms with Crippen LogP contribution in [0.5, 0.6) is 0 Å². The molecule has 0 aromatic carbocycles. The Kier molecular flexibility index (Phi) is 7.08. The molecule has 0 spiro atoms. The predicted octanol–water partition coefficient (Wildman–Crippen LogP) is 2.56. The molecular formula is C14H28N2OS. The van der Waals surface area contributed by atoms with Gasteiger partial charge in [0.1, 0.15) is 0 Å². The number of nitrogens with one attached hydrogen (secondary N) is 2. The van der Waals surface area contributed by atoms with E-state index >= 15 is 0 Å². The Morgan fingerprint density at radius 1 is 1.33 bits per heavy atom. The molecule has 1 aliphatic carbocycles. The lowest BCUT2D eigenvalue weighted by Gasteiger charge is -2.36. The SMILES string of the molecule is CCNC(C)CC(=O)NCC1(SC)CCCCC1. The first-order valence-electron chi connectivity index (χ1n) is 7.17. The molecule has 2 N–H and O–H groups in total. The minimum Gasteiger partial charge on any atom is -0.355 e. The van der Waals surface area contributed by atoms with Gasteiger partial charge in [0, 0.05) is 23.8 Å². The van der Waals surface area contributed by atoms with E-state index < -0.39 is 0 Å². The average molecular weight is 272 g/mol. The van der Waals surface area contributed by atoms with Gasteiger partial charge in [0.2, 0.25) is 5.91 Å². The highest BCUT2D eigenvalue weighted by molar-refractivity contribution is 8.00. The highest BCUT2D eigenvalue weighted by Crippen LogP contribution is 2.37. The maximum atomic E-state index is 11.9. The molecule has 3 nitrogen and oxygen atoms in total. The van der Waals surface area contributed by atoms with Crippen molar-refractivity contribution in [1.82, 2.24) is 10.6 Å². The molecule has 0 saturated heterocycles. The zero-order valence-electron chi connectivity index (χ0n) is 12.1. The summed E-state index contributed by atoms with van der Waals surface area (Å²) in [4.78, 5) is 11.9. The molecule has 0 radical (unpaired) electrons. The first kappa shape index (κ1) is 15.8. The summed E-state index contributed by atoms with van der Waals surface area (Å²) >= 11 is 1.93. The Labute approximate surface area is 116 Å². The van der Waals surface area contributed by atoms with E-state index in [2.05, 4.69) is 30.7 Å². The van der Waals surface area contributed by atoms with Gasteiger partial charge in [-0.2, -0.15) is 11.8 Å². The van der Waals surface area contributed by atoms with Crippen molar-refractivity contribution in [2.45, 2.75) is 63.2 Å². The maximum absolute atomic E-state index is 11.9. The van der Waals surface area contributed by atoms with E-state index in [4.69, 9.17) is 0 Å². The van der Waals surface area contributed by atoms with E-state index in [1.807, 2.05) is 11.8 Å². The van der Waals surface area contributed by atoms with Crippen molar-refractivity contribution in [2.75, 3.05) is 19.3 Å². The third-order valence-electron chi connectivity index (χ3n) is 3.85. The molecule has 1 atom stereocenters. The fourth-order valence-electron chi connectivity index (χ4n) is 2.68. The number of rotatable bonds is 7. The Hall–Kier alpha value is -0.220. The molecule has 1 saturated carbocycles. The van der Waals surface area contributed by atoms with Crippen LogP contribution < -0.4 is 10.6 Å². The highest BCUT2D eigenvalue weighted by Gasteiger charge is 2.31. The summed E-state index contributed by atoms with van der Waals surface area (Å²) in [5, 5.41) is 6.41. The zero-order valence-corrected chi connectivity index (χ0v) is 12.9. The Morgan fingerprint density at radius 2 is 2.00 bits per heavy atom. The largest absolute Gasteiger partial charge is 0.355 e. The van der Waals surface area contributed by atoms with Crippen LogP contribution in [0, 0.1) is 0 Å². The molecule has 0 aromatic heterocycles. The van der Waals surface area contributed by atoms with E-state index in [-0.39, 0.29) is 11.9 Å². The summed E-state index contributed by atoms with van der Waals surface area (Å²) in [6.45, 7) is 5.89. The first-order valence-corrected chi connectivity index (χ1v) is 8.39. The highest BCUT2D eigenvalue weighted by atomic mass is 32.2. The number of hydrogen-bond acceptors (Lipinski definition) is 3. The van der Waals surface area contributed by atoms with Crippen LogP contribution in [0.3, 0.4) is 0 Å². The molecule has 106 valence electrons. The third kappa shape index (κ3) is 5.19. The molecule has 1 rings (SSSR count). The van der Waals surface area contributed by atoms with Gasteiger partial charge in [-0.25, -0.2) is 0 Å². The van der Waals surface area contributed by atoms with Crippen molar-refractivity contribution in [1.29, 1.82) is 0 Å². The smallest absolute Gasteiger partial charge is 0.221 e.